The summed E-state index contributed by atoms with van der Waals surface area (Å²) in [5, 5.41) is 0. The van der Waals surface area contributed by atoms with Gasteiger partial charge in [0, 0.05) is 0 Å². The van der Waals surface area contributed by atoms with Crippen LogP contribution >= 0.6 is 0 Å². The van der Waals surface area contributed by atoms with Crippen LogP contribution in [0, 0.1) is 13.8 Å². The lowest BCUT2D eigenvalue weighted by atomic mass is 10.2. The third kappa shape index (κ3) is 3.31. The van der Waals surface area contributed by atoms with Crippen molar-refractivity contribution in [3.05, 3.63) is 47.4 Å². The fourth-order valence-corrected chi connectivity index (χ4v) is 2.82. The van der Waals surface area contributed by atoms with E-state index in [0.29, 0.717) is 28.5 Å². The number of rotatable bonds is 5. The van der Waals surface area contributed by atoms with Gasteiger partial charge in [0.2, 0.25) is 5.91 Å². The van der Waals surface area contributed by atoms with E-state index >= 15 is 0 Å². The van der Waals surface area contributed by atoms with Crippen molar-refractivity contribution < 1.29 is 23.5 Å². The van der Waals surface area contributed by atoms with Crippen molar-refractivity contribution in [3.8, 4) is 5.75 Å². The molecule has 1 aliphatic rings. The van der Waals surface area contributed by atoms with Crippen molar-refractivity contribution in [2.75, 3.05) is 12.0 Å². The average molecular weight is 357 g/mol. The number of aryl methyl sites for hydroxylation is 2. The number of ether oxygens (including phenoxy) is 1. The van der Waals surface area contributed by atoms with Crippen LogP contribution in [-0.2, 0) is 9.59 Å². The van der Waals surface area contributed by atoms with Gasteiger partial charge < -0.3 is 9.15 Å². The van der Waals surface area contributed by atoms with E-state index in [1.54, 1.807) is 44.2 Å². The van der Waals surface area contributed by atoms with Crippen LogP contribution in [0.1, 0.15) is 28.3 Å². The van der Waals surface area contributed by atoms with E-state index in [-0.39, 0.29) is 12.3 Å². The number of anilines is 1. The SMILES string of the molecule is COc1ccc(N2C(=O)C[C@@H](NNC(=O)c3cc(C)oc3C)C2=O)cc1. The lowest BCUT2D eigenvalue weighted by molar-refractivity contribution is -0.121. The van der Waals surface area contributed by atoms with Gasteiger partial charge >= 0.3 is 0 Å². The minimum atomic E-state index is -0.832. The van der Waals surface area contributed by atoms with E-state index < -0.39 is 17.9 Å². The molecule has 1 atom stereocenters. The summed E-state index contributed by atoms with van der Waals surface area (Å²) in [7, 11) is 1.53. The van der Waals surface area contributed by atoms with Crippen LogP contribution in [0.3, 0.4) is 0 Å². The number of carbonyl (C=O) groups is 3. The number of amides is 3. The lowest BCUT2D eigenvalue weighted by Crippen LogP contribution is -2.48. The van der Waals surface area contributed by atoms with E-state index in [9.17, 15) is 14.4 Å². The zero-order valence-corrected chi connectivity index (χ0v) is 14.7. The molecule has 3 rings (SSSR count). The van der Waals surface area contributed by atoms with Gasteiger partial charge in [-0.3, -0.25) is 19.8 Å². The highest BCUT2D eigenvalue weighted by Crippen LogP contribution is 2.25. The zero-order chi connectivity index (χ0) is 18.8. The molecule has 0 spiro atoms. The Morgan fingerprint density at radius 2 is 1.92 bits per heavy atom. The number of hydrogen-bond donors (Lipinski definition) is 2. The zero-order valence-electron chi connectivity index (χ0n) is 14.7. The molecule has 1 saturated heterocycles. The van der Waals surface area contributed by atoms with Crippen molar-refractivity contribution in [3.63, 3.8) is 0 Å². The molecule has 0 bridgehead atoms. The fraction of sp³-hybridized carbons (Fsp3) is 0.278. The van der Waals surface area contributed by atoms with Gasteiger partial charge in [0.15, 0.2) is 0 Å². The van der Waals surface area contributed by atoms with Gasteiger partial charge in [-0.1, -0.05) is 0 Å². The first-order valence-electron chi connectivity index (χ1n) is 8.04. The highest BCUT2D eigenvalue weighted by atomic mass is 16.5. The second-order valence-corrected chi connectivity index (χ2v) is 5.95. The van der Waals surface area contributed by atoms with Crippen LogP contribution in [0.4, 0.5) is 5.69 Å². The largest absolute Gasteiger partial charge is 0.497 e. The molecule has 3 amide bonds. The van der Waals surface area contributed by atoms with E-state index in [4.69, 9.17) is 9.15 Å². The molecule has 8 nitrogen and oxygen atoms in total. The van der Waals surface area contributed by atoms with E-state index in [1.165, 1.54) is 7.11 Å². The molecule has 0 saturated carbocycles. The Morgan fingerprint density at radius 1 is 1.23 bits per heavy atom. The normalized spacial score (nSPS) is 16.9. The molecule has 2 heterocycles. The van der Waals surface area contributed by atoms with Crippen LogP contribution < -0.4 is 20.5 Å². The van der Waals surface area contributed by atoms with Gasteiger partial charge in [0.1, 0.15) is 23.3 Å². The number of benzene rings is 1. The highest BCUT2D eigenvalue weighted by molar-refractivity contribution is 6.22. The summed E-state index contributed by atoms with van der Waals surface area (Å²) in [6, 6.07) is 7.38. The lowest BCUT2D eigenvalue weighted by Gasteiger charge is -2.16. The van der Waals surface area contributed by atoms with Crippen LogP contribution in [0.25, 0.3) is 0 Å². The summed E-state index contributed by atoms with van der Waals surface area (Å²) in [5.41, 5.74) is 5.94. The molecule has 8 heteroatoms. The number of hydrazine groups is 1. The quantitative estimate of drug-likeness (QED) is 0.621. The van der Waals surface area contributed by atoms with Crippen molar-refractivity contribution in [1.29, 1.82) is 0 Å². The first kappa shape index (κ1) is 17.7. The standard InChI is InChI=1S/C18H19N3O5/c1-10-8-14(11(2)26-10)17(23)20-19-15-9-16(22)21(18(15)24)12-4-6-13(25-3)7-5-12/h4-8,15,19H,9H2,1-3H3,(H,20,23)/t15-/m1/s1. The van der Waals surface area contributed by atoms with Crippen molar-refractivity contribution in [2.45, 2.75) is 26.3 Å². The molecule has 2 aromatic rings. The molecular formula is C18H19N3O5. The average Bonchev–Trinajstić information content (AvgIpc) is 3.11. The smallest absolute Gasteiger partial charge is 0.268 e. The topological polar surface area (TPSA) is 101 Å². The van der Waals surface area contributed by atoms with E-state index in [2.05, 4.69) is 10.9 Å². The highest BCUT2D eigenvalue weighted by Gasteiger charge is 2.39. The van der Waals surface area contributed by atoms with Crippen LogP contribution in [-0.4, -0.2) is 30.9 Å². The Kier molecular flexibility index (Phi) is 4.77. The number of furan rings is 1. The Bertz CT molecular complexity index is 856. The summed E-state index contributed by atoms with van der Waals surface area (Å²) < 4.78 is 10.4. The molecule has 0 radical (unpaired) electrons. The maximum absolute atomic E-state index is 12.5. The predicted molar refractivity (Wildman–Crippen MR) is 92.7 cm³/mol. The fourth-order valence-electron chi connectivity index (χ4n) is 2.82. The first-order chi connectivity index (χ1) is 12.4. The van der Waals surface area contributed by atoms with Crippen molar-refractivity contribution >= 4 is 23.4 Å². The summed E-state index contributed by atoms with van der Waals surface area (Å²) in [5.74, 6) is 0.520. The van der Waals surface area contributed by atoms with E-state index in [0.717, 1.165) is 4.90 Å². The predicted octanol–water partition coefficient (Wildman–Crippen LogP) is 1.47. The van der Waals surface area contributed by atoms with Crippen LogP contribution in [0.5, 0.6) is 5.75 Å². The molecule has 26 heavy (non-hydrogen) atoms. The molecule has 1 aromatic heterocycles. The molecule has 136 valence electrons. The van der Waals surface area contributed by atoms with Gasteiger partial charge in [0.05, 0.1) is 24.8 Å². The molecule has 0 aliphatic carbocycles. The number of hydrogen-bond acceptors (Lipinski definition) is 6. The summed E-state index contributed by atoms with van der Waals surface area (Å²) in [4.78, 5) is 38.0. The number of nitrogens with one attached hydrogen (secondary N) is 2. The summed E-state index contributed by atoms with van der Waals surface area (Å²) in [6.07, 6.45) is -0.0471. The minimum absolute atomic E-state index is 0.0471. The number of methoxy groups -OCH3 is 1. The minimum Gasteiger partial charge on any atom is -0.497 e. The first-order valence-corrected chi connectivity index (χ1v) is 8.04. The van der Waals surface area contributed by atoms with Crippen LogP contribution in [0.15, 0.2) is 34.7 Å². The van der Waals surface area contributed by atoms with Gasteiger partial charge in [-0.15, -0.1) is 0 Å². The maximum Gasteiger partial charge on any atom is 0.268 e. The third-order valence-electron chi connectivity index (χ3n) is 4.12. The maximum atomic E-state index is 12.5. The van der Waals surface area contributed by atoms with Gasteiger partial charge in [0.25, 0.3) is 11.8 Å². The number of nitrogens with zero attached hydrogens (tertiary/aromatic N) is 1. The van der Waals surface area contributed by atoms with Crippen molar-refractivity contribution in [2.24, 2.45) is 0 Å². The second-order valence-electron chi connectivity index (χ2n) is 5.95. The van der Waals surface area contributed by atoms with Crippen molar-refractivity contribution in [1.82, 2.24) is 10.9 Å². The number of imide groups is 1. The Balaban J connectivity index is 1.66. The molecule has 1 fully saturated rings. The van der Waals surface area contributed by atoms with E-state index in [1.807, 2.05) is 0 Å². The third-order valence-corrected chi connectivity index (χ3v) is 4.12. The molecule has 1 aromatic carbocycles. The Labute approximate surface area is 150 Å². The second kappa shape index (κ2) is 7.01. The summed E-state index contributed by atoms with van der Waals surface area (Å²) in [6.45, 7) is 3.42. The van der Waals surface area contributed by atoms with Crippen LogP contribution in [0.2, 0.25) is 0 Å². The number of carbonyl (C=O) groups excluding carboxylic acids is 3. The Hall–Kier alpha value is -3.13. The van der Waals surface area contributed by atoms with Gasteiger partial charge in [-0.05, 0) is 44.2 Å². The monoisotopic (exact) mass is 357 g/mol. The summed E-state index contributed by atoms with van der Waals surface area (Å²) >= 11 is 0. The molecule has 2 N–H and O–H groups in total. The molecule has 0 unspecified atom stereocenters. The van der Waals surface area contributed by atoms with Gasteiger partial charge in [-0.25, -0.2) is 10.3 Å². The Morgan fingerprint density at radius 3 is 2.50 bits per heavy atom. The molecule has 1 aliphatic heterocycles. The molecular weight excluding hydrogens is 338 g/mol. The van der Waals surface area contributed by atoms with Gasteiger partial charge in [-0.2, -0.15) is 0 Å².